The van der Waals surface area contributed by atoms with Crippen LogP contribution in [0.4, 0.5) is 5.69 Å². The highest BCUT2D eigenvalue weighted by atomic mass is 16.4. The Hall–Kier alpha value is -2.43. The highest BCUT2D eigenvalue weighted by molar-refractivity contribution is 6.24. The summed E-state index contributed by atoms with van der Waals surface area (Å²) in [6, 6.07) is 6.01. The summed E-state index contributed by atoms with van der Waals surface area (Å²) in [5.74, 6) is -1.57. The molecule has 0 radical (unpaired) electrons. The molecule has 2 fully saturated rings. The van der Waals surface area contributed by atoms with Gasteiger partial charge in [-0.2, -0.15) is 0 Å². The van der Waals surface area contributed by atoms with Crippen molar-refractivity contribution in [2.75, 3.05) is 4.90 Å². The summed E-state index contributed by atoms with van der Waals surface area (Å²) in [6.07, 6.45) is 4.95. The van der Waals surface area contributed by atoms with Crippen LogP contribution in [0.3, 0.4) is 0 Å². The van der Waals surface area contributed by atoms with Crippen molar-refractivity contribution in [1.82, 2.24) is 0 Å². The van der Waals surface area contributed by atoms with Gasteiger partial charge in [0.15, 0.2) is 0 Å². The first-order chi connectivity index (χ1) is 10.4. The molecule has 1 saturated heterocycles. The predicted molar refractivity (Wildman–Crippen MR) is 78.2 cm³/mol. The van der Waals surface area contributed by atoms with Crippen LogP contribution >= 0.6 is 0 Å². The molecular weight excluding hydrogens is 282 g/mol. The molecule has 2 amide bonds. The maximum atomic E-state index is 12.9. The van der Waals surface area contributed by atoms with Crippen LogP contribution in [0.5, 0.6) is 0 Å². The third kappa shape index (κ3) is 1.41. The van der Waals surface area contributed by atoms with Gasteiger partial charge in [-0.05, 0) is 43.4 Å². The second-order valence-corrected chi connectivity index (χ2v) is 6.49. The summed E-state index contributed by atoms with van der Waals surface area (Å²) in [5.41, 5.74) is -0.262. The zero-order chi connectivity index (χ0) is 15.6. The molecule has 5 nitrogen and oxygen atoms in total. The van der Waals surface area contributed by atoms with Gasteiger partial charge in [-0.15, -0.1) is 0 Å². The second kappa shape index (κ2) is 4.06. The van der Waals surface area contributed by atoms with Crippen LogP contribution in [0.15, 0.2) is 36.4 Å². The summed E-state index contributed by atoms with van der Waals surface area (Å²) < 4.78 is 0. The summed E-state index contributed by atoms with van der Waals surface area (Å²) in [4.78, 5) is 38.0. The number of hydrogen-bond donors (Lipinski definition) is 1. The van der Waals surface area contributed by atoms with Gasteiger partial charge in [0.25, 0.3) is 0 Å². The van der Waals surface area contributed by atoms with Gasteiger partial charge < -0.3 is 5.11 Å². The van der Waals surface area contributed by atoms with Gasteiger partial charge >= 0.3 is 5.97 Å². The number of carbonyl (C=O) groups excluding carboxylic acids is 2. The Morgan fingerprint density at radius 3 is 2.77 bits per heavy atom. The first-order valence-electron chi connectivity index (χ1n) is 7.34. The lowest BCUT2D eigenvalue weighted by Gasteiger charge is -2.28. The van der Waals surface area contributed by atoms with E-state index in [4.69, 9.17) is 5.11 Å². The standard InChI is InChI=1S/C17H15NO4/c1-17-11-6-5-9(7-11)13(17)14(19)18(16(17)22)12-4-2-3-10(8-12)15(20)21/h2-6,8-9,11,13H,7H2,1H3,(H,20,21)/t9-,11-,13-,17+/m0/s1. The highest BCUT2D eigenvalue weighted by Crippen LogP contribution is 2.60. The quantitative estimate of drug-likeness (QED) is 0.670. The Labute approximate surface area is 127 Å². The summed E-state index contributed by atoms with van der Waals surface area (Å²) >= 11 is 0. The first kappa shape index (κ1) is 13.2. The fourth-order valence-corrected chi connectivity index (χ4v) is 4.33. The summed E-state index contributed by atoms with van der Waals surface area (Å²) in [5, 5.41) is 9.09. The second-order valence-electron chi connectivity index (χ2n) is 6.49. The minimum atomic E-state index is -1.07. The van der Waals surface area contributed by atoms with Gasteiger partial charge in [-0.3, -0.25) is 9.59 Å². The average Bonchev–Trinajstić information content (AvgIpc) is 3.12. The maximum Gasteiger partial charge on any atom is 0.335 e. The zero-order valence-corrected chi connectivity index (χ0v) is 12.0. The fraction of sp³-hybridized carbons (Fsp3) is 0.353. The molecule has 1 aromatic rings. The molecule has 4 rings (SSSR count). The van der Waals surface area contributed by atoms with Crippen molar-refractivity contribution in [1.29, 1.82) is 0 Å². The molecule has 112 valence electrons. The highest BCUT2D eigenvalue weighted by Gasteiger charge is 2.67. The van der Waals surface area contributed by atoms with Crippen molar-refractivity contribution in [2.45, 2.75) is 13.3 Å². The molecule has 1 aromatic carbocycles. The van der Waals surface area contributed by atoms with Crippen LogP contribution in [-0.4, -0.2) is 22.9 Å². The molecule has 1 heterocycles. The lowest BCUT2D eigenvalue weighted by molar-refractivity contribution is -0.127. The number of fused-ring (bicyclic) bond motifs is 5. The monoisotopic (exact) mass is 297 g/mol. The lowest BCUT2D eigenvalue weighted by atomic mass is 9.71. The van der Waals surface area contributed by atoms with E-state index in [0.717, 1.165) is 6.42 Å². The van der Waals surface area contributed by atoms with Crippen molar-refractivity contribution in [2.24, 2.45) is 23.2 Å². The van der Waals surface area contributed by atoms with Crippen molar-refractivity contribution < 1.29 is 19.5 Å². The Morgan fingerprint density at radius 1 is 1.32 bits per heavy atom. The van der Waals surface area contributed by atoms with Crippen LogP contribution in [0.2, 0.25) is 0 Å². The number of aromatic carboxylic acids is 1. The van der Waals surface area contributed by atoms with Gasteiger partial charge in [-0.25, -0.2) is 9.69 Å². The van der Waals surface area contributed by atoms with E-state index in [-0.39, 0.29) is 35.1 Å². The van der Waals surface area contributed by atoms with Gasteiger partial charge in [-0.1, -0.05) is 18.2 Å². The number of benzene rings is 1. The van der Waals surface area contributed by atoms with Crippen LogP contribution in [0.25, 0.3) is 0 Å². The van der Waals surface area contributed by atoms with Crippen LogP contribution in [-0.2, 0) is 9.59 Å². The molecule has 4 atom stereocenters. The largest absolute Gasteiger partial charge is 0.478 e. The zero-order valence-electron chi connectivity index (χ0n) is 12.0. The van der Waals surface area contributed by atoms with E-state index in [9.17, 15) is 14.4 Å². The van der Waals surface area contributed by atoms with Crippen molar-refractivity contribution in [3.8, 4) is 0 Å². The molecule has 1 aliphatic heterocycles. The van der Waals surface area contributed by atoms with E-state index < -0.39 is 11.4 Å². The Kier molecular flexibility index (Phi) is 2.45. The Morgan fingerprint density at radius 2 is 2.09 bits per heavy atom. The molecule has 0 spiro atoms. The van der Waals surface area contributed by atoms with Crippen molar-refractivity contribution >= 4 is 23.5 Å². The molecule has 1 N–H and O–H groups in total. The Balaban J connectivity index is 1.79. The van der Waals surface area contributed by atoms with E-state index in [0.29, 0.717) is 5.69 Å². The van der Waals surface area contributed by atoms with Crippen LogP contribution in [0.1, 0.15) is 23.7 Å². The number of amides is 2. The van der Waals surface area contributed by atoms with E-state index in [1.54, 1.807) is 12.1 Å². The van der Waals surface area contributed by atoms with E-state index in [1.165, 1.54) is 17.0 Å². The number of imide groups is 1. The molecule has 2 aliphatic carbocycles. The molecule has 2 bridgehead atoms. The lowest BCUT2D eigenvalue weighted by Crippen LogP contribution is -2.37. The van der Waals surface area contributed by atoms with Crippen molar-refractivity contribution in [3.63, 3.8) is 0 Å². The maximum absolute atomic E-state index is 12.9. The molecule has 3 aliphatic rings. The molecular formula is C17H15NO4. The normalized spacial score (nSPS) is 35.3. The number of nitrogens with zero attached hydrogens (tertiary/aromatic N) is 1. The van der Waals surface area contributed by atoms with E-state index >= 15 is 0 Å². The molecule has 5 heteroatoms. The summed E-state index contributed by atoms with van der Waals surface area (Å²) in [6.45, 7) is 1.87. The third-order valence-electron chi connectivity index (χ3n) is 5.46. The number of rotatable bonds is 2. The molecule has 1 saturated carbocycles. The van der Waals surface area contributed by atoms with Gasteiger partial charge in [0.05, 0.1) is 22.6 Å². The van der Waals surface area contributed by atoms with Gasteiger partial charge in [0.2, 0.25) is 11.8 Å². The number of allylic oxidation sites excluding steroid dienone is 2. The number of anilines is 1. The first-order valence-corrected chi connectivity index (χ1v) is 7.34. The van der Waals surface area contributed by atoms with Gasteiger partial charge in [0.1, 0.15) is 0 Å². The van der Waals surface area contributed by atoms with Crippen LogP contribution < -0.4 is 4.90 Å². The smallest absolute Gasteiger partial charge is 0.335 e. The third-order valence-corrected chi connectivity index (χ3v) is 5.46. The predicted octanol–water partition coefficient (Wildman–Crippen LogP) is 2.09. The molecule has 0 aromatic heterocycles. The van der Waals surface area contributed by atoms with Crippen LogP contribution in [0, 0.1) is 23.2 Å². The van der Waals surface area contributed by atoms with Gasteiger partial charge in [0, 0.05) is 0 Å². The van der Waals surface area contributed by atoms with E-state index in [1.807, 2.05) is 19.1 Å². The SMILES string of the molecule is C[C@]12C(=O)N(c3cccc(C(=O)O)c3)C(=O)[C@@H]1[C@H]1C=C[C@H]2C1. The van der Waals surface area contributed by atoms with E-state index in [2.05, 4.69) is 0 Å². The number of carbonyl (C=O) groups is 3. The topological polar surface area (TPSA) is 74.7 Å². The minimum Gasteiger partial charge on any atom is -0.478 e. The van der Waals surface area contributed by atoms with Crippen molar-refractivity contribution in [3.05, 3.63) is 42.0 Å². The number of carboxylic acids is 1. The molecule has 22 heavy (non-hydrogen) atoms. The average molecular weight is 297 g/mol. The molecule has 0 unspecified atom stereocenters. The Bertz CT molecular complexity index is 753. The summed E-state index contributed by atoms with van der Waals surface area (Å²) in [7, 11) is 0. The number of carboxylic acid groups (broad SMARTS) is 1. The minimum absolute atomic E-state index is 0.0707. The number of hydrogen-bond acceptors (Lipinski definition) is 3. The fourth-order valence-electron chi connectivity index (χ4n) is 4.33.